The quantitative estimate of drug-likeness (QED) is 0.324. The van der Waals surface area contributed by atoms with Gasteiger partial charge in [-0.05, 0) is 30.0 Å². The molecule has 1 atom stereocenters. The summed E-state index contributed by atoms with van der Waals surface area (Å²) in [6.45, 7) is 8.44. The molecule has 0 saturated carbocycles. The number of aromatic nitrogens is 5. The summed E-state index contributed by atoms with van der Waals surface area (Å²) in [4.78, 5) is 10.3. The standard InChI is InChI=1S/C19H24N6O3S/c1-13(28-16-8-6-14(7-9-16)19(2,3)4)17-21-22-18(23(17)5)29-12-24-11-15(10-20-24)25(26)27/h6-11,13H,12H2,1-5H3/t13-/m1/s1. The lowest BCUT2D eigenvalue weighted by molar-refractivity contribution is -0.385. The lowest BCUT2D eigenvalue weighted by Gasteiger charge is -2.20. The second kappa shape index (κ2) is 8.24. The van der Waals surface area contributed by atoms with E-state index in [1.165, 1.54) is 34.4 Å². The predicted octanol–water partition coefficient (Wildman–Crippen LogP) is 4.11. The number of nitrogens with zero attached hydrogens (tertiary/aromatic N) is 6. The minimum atomic E-state index is -0.471. The highest BCUT2D eigenvalue weighted by Crippen LogP contribution is 2.27. The van der Waals surface area contributed by atoms with Crippen molar-refractivity contribution in [1.82, 2.24) is 24.5 Å². The number of rotatable bonds is 7. The zero-order valence-electron chi connectivity index (χ0n) is 17.1. The van der Waals surface area contributed by atoms with E-state index in [4.69, 9.17) is 4.74 Å². The minimum absolute atomic E-state index is 0.0382. The van der Waals surface area contributed by atoms with Crippen LogP contribution in [0, 0.1) is 10.1 Å². The van der Waals surface area contributed by atoms with Crippen molar-refractivity contribution in [3.05, 3.63) is 58.2 Å². The van der Waals surface area contributed by atoms with E-state index in [9.17, 15) is 10.1 Å². The molecule has 0 aliphatic carbocycles. The normalized spacial score (nSPS) is 12.7. The molecular weight excluding hydrogens is 392 g/mol. The van der Waals surface area contributed by atoms with Gasteiger partial charge in [-0.3, -0.25) is 14.8 Å². The molecule has 154 valence electrons. The summed E-state index contributed by atoms with van der Waals surface area (Å²) in [5.41, 5.74) is 1.30. The molecule has 0 aliphatic rings. The Kier molecular flexibility index (Phi) is 5.92. The van der Waals surface area contributed by atoms with Gasteiger partial charge in [0.25, 0.3) is 0 Å². The first-order valence-corrected chi connectivity index (χ1v) is 10.1. The average Bonchev–Trinajstić information content (AvgIpc) is 3.26. The van der Waals surface area contributed by atoms with Crippen LogP contribution in [0.3, 0.4) is 0 Å². The van der Waals surface area contributed by atoms with E-state index >= 15 is 0 Å². The Bertz CT molecular complexity index is 990. The van der Waals surface area contributed by atoms with Gasteiger partial charge in [0, 0.05) is 7.05 Å². The third-order valence-corrected chi connectivity index (χ3v) is 5.43. The van der Waals surface area contributed by atoms with Gasteiger partial charge in [-0.2, -0.15) is 5.10 Å². The highest BCUT2D eigenvalue weighted by Gasteiger charge is 2.19. The molecule has 29 heavy (non-hydrogen) atoms. The van der Waals surface area contributed by atoms with Crippen molar-refractivity contribution >= 4 is 17.4 Å². The second-order valence-corrected chi connectivity index (χ2v) is 8.61. The van der Waals surface area contributed by atoms with Gasteiger partial charge in [0.05, 0.1) is 10.8 Å². The van der Waals surface area contributed by atoms with Crippen molar-refractivity contribution in [3.63, 3.8) is 0 Å². The number of nitro groups is 1. The van der Waals surface area contributed by atoms with Crippen LogP contribution in [0.1, 0.15) is 45.2 Å². The Morgan fingerprint density at radius 2 is 1.93 bits per heavy atom. The van der Waals surface area contributed by atoms with Crippen LogP contribution in [0.2, 0.25) is 0 Å². The maximum Gasteiger partial charge on any atom is 0.307 e. The van der Waals surface area contributed by atoms with Crippen molar-refractivity contribution in [3.8, 4) is 5.75 Å². The molecule has 0 N–H and O–H groups in total. The van der Waals surface area contributed by atoms with Crippen molar-refractivity contribution in [2.45, 2.75) is 50.2 Å². The first kappa shape index (κ1) is 20.8. The fourth-order valence-corrected chi connectivity index (χ4v) is 3.51. The van der Waals surface area contributed by atoms with Crippen LogP contribution in [-0.2, 0) is 18.3 Å². The van der Waals surface area contributed by atoms with E-state index in [-0.39, 0.29) is 17.2 Å². The fourth-order valence-electron chi connectivity index (χ4n) is 2.74. The Labute approximate surface area is 173 Å². The Morgan fingerprint density at radius 3 is 2.52 bits per heavy atom. The van der Waals surface area contributed by atoms with E-state index in [1.807, 2.05) is 30.7 Å². The van der Waals surface area contributed by atoms with Gasteiger partial charge < -0.3 is 9.30 Å². The topological polar surface area (TPSA) is 101 Å². The lowest BCUT2D eigenvalue weighted by Crippen LogP contribution is -2.12. The molecule has 0 aliphatic heterocycles. The SMILES string of the molecule is C[C@@H](Oc1ccc(C(C)(C)C)cc1)c1nnc(SCn2cc([N+](=O)[O-])cn2)n1C. The number of benzene rings is 1. The van der Waals surface area contributed by atoms with Crippen LogP contribution >= 0.6 is 11.8 Å². The smallest absolute Gasteiger partial charge is 0.307 e. The molecular formula is C19H24N6O3S. The first-order chi connectivity index (χ1) is 13.6. The van der Waals surface area contributed by atoms with Crippen LogP contribution in [0.4, 0.5) is 5.69 Å². The van der Waals surface area contributed by atoms with Gasteiger partial charge in [-0.1, -0.05) is 44.7 Å². The summed E-state index contributed by atoms with van der Waals surface area (Å²) in [6.07, 6.45) is 2.33. The van der Waals surface area contributed by atoms with E-state index in [0.717, 1.165) is 5.75 Å². The molecule has 9 nitrogen and oxygen atoms in total. The minimum Gasteiger partial charge on any atom is -0.483 e. The van der Waals surface area contributed by atoms with Crippen LogP contribution in [0.15, 0.2) is 41.8 Å². The molecule has 1 aromatic carbocycles. The van der Waals surface area contributed by atoms with E-state index in [0.29, 0.717) is 16.9 Å². The molecule has 0 radical (unpaired) electrons. The Balaban J connectivity index is 1.64. The lowest BCUT2D eigenvalue weighted by atomic mass is 9.87. The first-order valence-electron chi connectivity index (χ1n) is 9.11. The second-order valence-electron chi connectivity index (χ2n) is 7.70. The zero-order valence-corrected chi connectivity index (χ0v) is 17.9. The average molecular weight is 417 g/mol. The molecule has 0 saturated heterocycles. The number of thioether (sulfide) groups is 1. The summed E-state index contributed by atoms with van der Waals surface area (Å²) in [5.74, 6) is 1.86. The monoisotopic (exact) mass is 416 g/mol. The maximum absolute atomic E-state index is 10.7. The van der Waals surface area contributed by atoms with Crippen LogP contribution in [0.5, 0.6) is 5.75 Å². The number of hydrogen-bond donors (Lipinski definition) is 0. The summed E-state index contributed by atoms with van der Waals surface area (Å²) in [7, 11) is 1.87. The molecule has 0 spiro atoms. The van der Waals surface area contributed by atoms with Gasteiger partial charge in [0.1, 0.15) is 18.1 Å². The number of hydrogen-bond acceptors (Lipinski definition) is 7. The third kappa shape index (κ3) is 4.94. The van der Waals surface area contributed by atoms with Gasteiger partial charge in [-0.15, -0.1) is 10.2 Å². The van der Waals surface area contributed by atoms with Crippen LogP contribution in [-0.4, -0.2) is 29.5 Å². The summed E-state index contributed by atoms with van der Waals surface area (Å²) in [6, 6.07) is 8.08. The maximum atomic E-state index is 10.7. The highest BCUT2D eigenvalue weighted by atomic mass is 32.2. The predicted molar refractivity (Wildman–Crippen MR) is 110 cm³/mol. The van der Waals surface area contributed by atoms with Crippen molar-refractivity contribution in [2.75, 3.05) is 0 Å². The summed E-state index contributed by atoms with van der Waals surface area (Å²) < 4.78 is 9.38. The highest BCUT2D eigenvalue weighted by molar-refractivity contribution is 7.98. The van der Waals surface area contributed by atoms with E-state index in [1.54, 1.807) is 0 Å². The third-order valence-electron chi connectivity index (χ3n) is 4.42. The Hall–Kier alpha value is -2.88. The molecule has 0 fully saturated rings. The van der Waals surface area contributed by atoms with Gasteiger partial charge in [0.15, 0.2) is 17.1 Å². The van der Waals surface area contributed by atoms with Crippen LogP contribution < -0.4 is 4.74 Å². The molecule has 0 bridgehead atoms. The van der Waals surface area contributed by atoms with Crippen molar-refractivity contribution in [1.29, 1.82) is 0 Å². The van der Waals surface area contributed by atoms with Gasteiger partial charge >= 0.3 is 5.69 Å². The largest absolute Gasteiger partial charge is 0.483 e. The van der Waals surface area contributed by atoms with Crippen molar-refractivity contribution in [2.24, 2.45) is 7.05 Å². The van der Waals surface area contributed by atoms with E-state index in [2.05, 4.69) is 48.2 Å². The fraction of sp³-hybridized carbons (Fsp3) is 0.421. The molecule has 3 aromatic rings. The zero-order chi connectivity index (χ0) is 21.2. The van der Waals surface area contributed by atoms with Crippen LogP contribution in [0.25, 0.3) is 0 Å². The molecule has 0 unspecified atom stereocenters. The van der Waals surface area contributed by atoms with Crippen molar-refractivity contribution < 1.29 is 9.66 Å². The number of ether oxygens (including phenoxy) is 1. The molecule has 3 rings (SSSR count). The van der Waals surface area contributed by atoms with E-state index < -0.39 is 4.92 Å². The van der Waals surface area contributed by atoms with Gasteiger partial charge in [-0.25, -0.2) is 0 Å². The molecule has 2 aromatic heterocycles. The Morgan fingerprint density at radius 1 is 1.24 bits per heavy atom. The summed E-state index contributed by atoms with van der Waals surface area (Å²) >= 11 is 1.39. The molecule has 0 amide bonds. The summed E-state index contributed by atoms with van der Waals surface area (Å²) in [5, 5.41) is 23.8. The van der Waals surface area contributed by atoms with Gasteiger partial charge in [0.2, 0.25) is 0 Å². The molecule has 2 heterocycles. The molecule has 10 heteroatoms.